The normalized spacial score (nSPS) is 11.5. The van der Waals surface area contributed by atoms with E-state index < -0.39 is 10.0 Å². The molecular formula is C9H12ClIN2O2S. The maximum Gasteiger partial charge on any atom is 0.232 e. The maximum absolute atomic E-state index is 11.4. The summed E-state index contributed by atoms with van der Waals surface area (Å²) in [7, 11) is -3.30. The lowest BCUT2D eigenvalue weighted by molar-refractivity contribution is 0.602. The van der Waals surface area contributed by atoms with E-state index in [1.54, 1.807) is 19.1 Å². The van der Waals surface area contributed by atoms with Crippen molar-refractivity contribution < 1.29 is 8.42 Å². The fraction of sp³-hybridized carbons (Fsp3) is 0.333. The average molecular weight is 375 g/mol. The fourth-order valence-corrected chi connectivity index (χ4v) is 2.69. The molecule has 7 heteroatoms. The standard InChI is InChI=1S/C9H12ClIN2O2S/c1-2-16(14,15)13-7-4-3-6(5-12)9(11)8(7)10/h3-4,13H,2,5,12H2,1H3. The third kappa shape index (κ3) is 3.22. The predicted octanol–water partition coefficient (Wildman–Crippen LogP) is 2.16. The van der Waals surface area contributed by atoms with Gasteiger partial charge in [-0.2, -0.15) is 0 Å². The van der Waals surface area contributed by atoms with Gasteiger partial charge in [-0.05, 0) is 41.1 Å². The molecule has 0 saturated heterocycles. The van der Waals surface area contributed by atoms with Crippen molar-refractivity contribution in [1.82, 2.24) is 0 Å². The smallest absolute Gasteiger partial charge is 0.232 e. The second kappa shape index (κ2) is 5.52. The molecule has 0 spiro atoms. The van der Waals surface area contributed by atoms with Crippen LogP contribution < -0.4 is 10.5 Å². The van der Waals surface area contributed by atoms with E-state index in [1.165, 1.54) is 0 Å². The van der Waals surface area contributed by atoms with Crippen molar-refractivity contribution in [1.29, 1.82) is 0 Å². The van der Waals surface area contributed by atoms with Crippen LogP contribution in [-0.2, 0) is 16.6 Å². The minimum Gasteiger partial charge on any atom is -0.326 e. The van der Waals surface area contributed by atoms with E-state index in [9.17, 15) is 8.42 Å². The van der Waals surface area contributed by atoms with Crippen molar-refractivity contribution in [2.75, 3.05) is 10.5 Å². The largest absolute Gasteiger partial charge is 0.326 e. The lowest BCUT2D eigenvalue weighted by Crippen LogP contribution is -2.15. The summed E-state index contributed by atoms with van der Waals surface area (Å²) in [5.41, 5.74) is 6.81. The van der Waals surface area contributed by atoms with Crippen LogP contribution in [0.2, 0.25) is 5.02 Å². The number of nitrogens with two attached hydrogens (primary N) is 1. The summed E-state index contributed by atoms with van der Waals surface area (Å²) in [4.78, 5) is 0. The Morgan fingerprint density at radius 1 is 1.50 bits per heavy atom. The molecule has 1 rings (SSSR count). The van der Waals surface area contributed by atoms with Crippen LogP contribution in [-0.4, -0.2) is 14.2 Å². The molecule has 1 aromatic carbocycles. The van der Waals surface area contributed by atoms with Crippen molar-refractivity contribution in [3.05, 3.63) is 26.3 Å². The molecule has 0 aliphatic rings. The highest BCUT2D eigenvalue weighted by Crippen LogP contribution is 2.30. The summed E-state index contributed by atoms with van der Waals surface area (Å²) in [5.74, 6) is 0.0124. The van der Waals surface area contributed by atoms with E-state index in [0.717, 1.165) is 9.13 Å². The lowest BCUT2D eigenvalue weighted by Gasteiger charge is -2.11. The molecule has 0 radical (unpaired) electrons. The first kappa shape index (κ1) is 14.0. The van der Waals surface area contributed by atoms with Crippen LogP contribution in [0, 0.1) is 3.57 Å². The molecule has 0 saturated carbocycles. The van der Waals surface area contributed by atoms with Crippen molar-refractivity contribution in [2.24, 2.45) is 5.73 Å². The Morgan fingerprint density at radius 3 is 2.62 bits per heavy atom. The van der Waals surface area contributed by atoms with Gasteiger partial charge in [0, 0.05) is 10.1 Å². The Hall–Kier alpha value is -0.0500. The van der Waals surface area contributed by atoms with Gasteiger partial charge in [0.2, 0.25) is 10.0 Å². The first-order valence-electron chi connectivity index (χ1n) is 4.58. The maximum atomic E-state index is 11.4. The highest BCUT2D eigenvalue weighted by atomic mass is 127. The van der Waals surface area contributed by atoms with E-state index in [-0.39, 0.29) is 5.75 Å². The minimum atomic E-state index is -3.30. The van der Waals surface area contributed by atoms with Crippen molar-refractivity contribution in [3.8, 4) is 0 Å². The molecule has 90 valence electrons. The van der Waals surface area contributed by atoms with Gasteiger partial charge < -0.3 is 5.73 Å². The number of anilines is 1. The zero-order valence-corrected chi connectivity index (χ0v) is 12.4. The molecule has 1 aromatic rings. The van der Waals surface area contributed by atoms with Crippen LogP contribution >= 0.6 is 34.2 Å². The van der Waals surface area contributed by atoms with E-state index in [1.807, 2.05) is 22.6 Å². The Labute approximate surface area is 114 Å². The van der Waals surface area contributed by atoms with Gasteiger partial charge in [0.25, 0.3) is 0 Å². The minimum absolute atomic E-state index is 0.0124. The first-order chi connectivity index (χ1) is 7.41. The molecule has 0 bridgehead atoms. The Kier molecular flexibility index (Phi) is 4.84. The van der Waals surface area contributed by atoms with Crippen LogP contribution in [0.3, 0.4) is 0 Å². The van der Waals surface area contributed by atoms with Gasteiger partial charge in [0.15, 0.2) is 0 Å². The highest BCUT2D eigenvalue weighted by Gasteiger charge is 2.13. The zero-order chi connectivity index (χ0) is 12.3. The van der Waals surface area contributed by atoms with E-state index in [4.69, 9.17) is 17.3 Å². The van der Waals surface area contributed by atoms with Gasteiger partial charge >= 0.3 is 0 Å². The number of sulfonamides is 1. The number of benzene rings is 1. The van der Waals surface area contributed by atoms with Crippen molar-refractivity contribution in [3.63, 3.8) is 0 Å². The fourth-order valence-electron chi connectivity index (χ4n) is 1.07. The molecule has 0 aromatic heterocycles. The number of hydrogen-bond acceptors (Lipinski definition) is 3. The second-order valence-electron chi connectivity index (χ2n) is 3.11. The van der Waals surface area contributed by atoms with Crippen LogP contribution in [0.25, 0.3) is 0 Å². The highest BCUT2D eigenvalue weighted by molar-refractivity contribution is 14.1. The average Bonchev–Trinajstić information content (AvgIpc) is 2.25. The van der Waals surface area contributed by atoms with Gasteiger partial charge in [0.05, 0.1) is 16.5 Å². The van der Waals surface area contributed by atoms with Gasteiger partial charge in [0.1, 0.15) is 0 Å². The number of nitrogens with one attached hydrogen (secondary N) is 1. The number of rotatable bonds is 4. The number of halogens is 2. The summed E-state index contributed by atoms with van der Waals surface area (Å²) in [5, 5.41) is 0.389. The van der Waals surface area contributed by atoms with Crippen LogP contribution in [0.1, 0.15) is 12.5 Å². The Bertz CT molecular complexity index is 491. The van der Waals surface area contributed by atoms with Gasteiger partial charge in [-0.3, -0.25) is 4.72 Å². The molecule has 3 N–H and O–H groups in total. The monoisotopic (exact) mass is 374 g/mol. The lowest BCUT2D eigenvalue weighted by atomic mass is 10.2. The van der Waals surface area contributed by atoms with E-state index >= 15 is 0 Å². The third-order valence-corrected chi connectivity index (χ3v) is 5.26. The summed E-state index contributed by atoms with van der Waals surface area (Å²) in [6.45, 7) is 1.94. The molecule has 0 unspecified atom stereocenters. The molecule has 0 fully saturated rings. The quantitative estimate of drug-likeness (QED) is 0.793. The van der Waals surface area contributed by atoms with Gasteiger partial charge in [-0.15, -0.1) is 0 Å². The molecule has 0 aliphatic carbocycles. The topological polar surface area (TPSA) is 72.2 Å². The van der Waals surface area contributed by atoms with Gasteiger partial charge in [-0.25, -0.2) is 8.42 Å². The van der Waals surface area contributed by atoms with Crippen LogP contribution in [0.4, 0.5) is 5.69 Å². The predicted molar refractivity (Wildman–Crippen MR) is 75.1 cm³/mol. The van der Waals surface area contributed by atoms with E-state index in [0.29, 0.717) is 17.3 Å². The molecule has 0 atom stereocenters. The SMILES string of the molecule is CCS(=O)(=O)Nc1ccc(CN)c(I)c1Cl. The summed E-state index contributed by atoms with van der Waals surface area (Å²) < 4.78 is 26.0. The van der Waals surface area contributed by atoms with Crippen molar-refractivity contribution >= 4 is 49.9 Å². The van der Waals surface area contributed by atoms with Crippen molar-refractivity contribution in [2.45, 2.75) is 13.5 Å². The first-order valence-corrected chi connectivity index (χ1v) is 7.69. The molecule has 0 aliphatic heterocycles. The van der Waals surface area contributed by atoms with Crippen LogP contribution in [0.5, 0.6) is 0 Å². The molecule has 16 heavy (non-hydrogen) atoms. The second-order valence-corrected chi connectivity index (χ2v) is 6.58. The van der Waals surface area contributed by atoms with Gasteiger partial charge in [-0.1, -0.05) is 17.7 Å². The van der Waals surface area contributed by atoms with Crippen LogP contribution in [0.15, 0.2) is 12.1 Å². The summed E-state index contributed by atoms with van der Waals surface area (Å²) in [6.07, 6.45) is 0. The summed E-state index contributed by atoms with van der Waals surface area (Å²) >= 11 is 8.10. The molecule has 4 nitrogen and oxygen atoms in total. The summed E-state index contributed by atoms with van der Waals surface area (Å²) in [6, 6.07) is 3.39. The molecular weight excluding hydrogens is 363 g/mol. The Morgan fingerprint density at radius 2 is 2.12 bits per heavy atom. The molecule has 0 amide bonds. The Balaban J connectivity index is 3.14. The third-order valence-electron chi connectivity index (χ3n) is 2.03. The van der Waals surface area contributed by atoms with E-state index in [2.05, 4.69) is 4.72 Å². The zero-order valence-electron chi connectivity index (χ0n) is 8.63. The molecule has 0 heterocycles. The number of hydrogen-bond donors (Lipinski definition) is 2.